The summed E-state index contributed by atoms with van der Waals surface area (Å²) in [6, 6.07) is 3.23. The molecule has 0 aliphatic carbocycles. The van der Waals surface area contributed by atoms with E-state index >= 15 is 0 Å². The van der Waals surface area contributed by atoms with E-state index in [1.165, 1.54) is 18.0 Å². The zero-order valence-electron chi connectivity index (χ0n) is 15.0. The van der Waals surface area contributed by atoms with Gasteiger partial charge in [-0.05, 0) is 25.5 Å². The van der Waals surface area contributed by atoms with E-state index in [0.717, 1.165) is 6.20 Å². The van der Waals surface area contributed by atoms with E-state index in [0.29, 0.717) is 29.2 Å². The second-order valence-corrected chi connectivity index (χ2v) is 7.98. The number of anilines is 1. The van der Waals surface area contributed by atoms with Gasteiger partial charge in [-0.15, -0.1) is 0 Å². The molecule has 3 N–H and O–H groups in total. The van der Waals surface area contributed by atoms with Gasteiger partial charge >= 0.3 is 6.18 Å². The number of hydrogen-bond donors (Lipinski definition) is 2. The van der Waals surface area contributed by atoms with E-state index in [1.807, 2.05) is 13.8 Å². The van der Waals surface area contributed by atoms with Crippen LogP contribution >= 0.6 is 11.8 Å². The molecule has 1 aliphatic rings. The van der Waals surface area contributed by atoms with Crippen molar-refractivity contribution in [3.63, 3.8) is 0 Å². The van der Waals surface area contributed by atoms with Crippen molar-refractivity contribution in [3.05, 3.63) is 47.8 Å². The summed E-state index contributed by atoms with van der Waals surface area (Å²) in [6.45, 7) is 3.95. The van der Waals surface area contributed by atoms with E-state index in [1.54, 1.807) is 12.1 Å². The van der Waals surface area contributed by atoms with Crippen LogP contribution in [-0.4, -0.2) is 31.3 Å². The summed E-state index contributed by atoms with van der Waals surface area (Å²) in [7, 11) is 0. The highest BCUT2D eigenvalue weighted by Gasteiger charge is 2.35. The van der Waals surface area contributed by atoms with Crippen LogP contribution in [0.1, 0.15) is 42.1 Å². The van der Waals surface area contributed by atoms with Crippen LogP contribution in [0, 0.1) is 0 Å². The van der Waals surface area contributed by atoms with Crippen LogP contribution in [0.3, 0.4) is 0 Å². The predicted octanol–water partition coefficient (Wildman–Crippen LogP) is 3.20. The Morgan fingerprint density at radius 1 is 1.32 bits per heavy atom. The molecule has 0 spiro atoms. The highest BCUT2D eigenvalue weighted by molar-refractivity contribution is 8.14. The molecule has 3 heterocycles. The summed E-state index contributed by atoms with van der Waals surface area (Å²) in [6.07, 6.45) is -1.08. The molecule has 0 saturated heterocycles. The Hall–Kier alpha value is -2.69. The maximum absolute atomic E-state index is 12.5. The lowest BCUT2D eigenvalue weighted by molar-refractivity contribution is -0.141. The highest BCUT2D eigenvalue weighted by Crippen LogP contribution is 2.38. The number of halogens is 3. The number of carbonyl (C=O) groups is 1. The van der Waals surface area contributed by atoms with Crippen LogP contribution < -0.4 is 11.1 Å². The van der Waals surface area contributed by atoms with Gasteiger partial charge in [0.25, 0.3) is 5.91 Å². The van der Waals surface area contributed by atoms with Gasteiger partial charge < -0.3 is 11.1 Å². The van der Waals surface area contributed by atoms with Crippen molar-refractivity contribution in [1.29, 1.82) is 0 Å². The fourth-order valence-electron chi connectivity index (χ4n) is 2.87. The first-order valence-corrected chi connectivity index (χ1v) is 9.14. The molecular weight excluding hydrogens is 393 g/mol. The number of hydrogen-bond acceptors (Lipinski definition) is 7. The van der Waals surface area contributed by atoms with Gasteiger partial charge in [-0.1, -0.05) is 18.7 Å². The van der Waals surface area contributed by atoms with Gasteiger partial charge in [-0.2, -0.15) is 13.2 Å². The summed E-state index contributed by atoms with van der Waals surface area (Å²) in [5.74, 6) is -0.681. The number of rotatable bonds is 3. The Kier molecular flexibility index (Phi) is 5.28. The average molecular weight is 410 g/mol. The molecule has 11 heteroatoms. The number of amidine groups is 1. The lowest BCUT2D eigenvalue weighted by atomic mass is 9.91. The van der Waals surface area contributed by atoms with Crippen molar-refractivity contribution < 1.29 is 18.0 Å². The van der Waals surface area contributed by atoms with Crippen molar-refractivity contribution >= 4 is 28.5 Å². The van der Waals surface area contributed by atoms with Gasteiger partial charge in [0.2, 0.25) is 0 Å². The Morgan fingerprint density at radius 3 is 2.68 bits per heavy atom. The number of alkyl halides is 3. The summed E-state index contributed by atoms with van der Waals surface area (Å²) in [5.41, 5.74) is 4.90. The van der Waals surface area contributed by atoms with Crippen LogP contribution in [-0.2, 0) is 11.7 Å². The van der Waals surface area contributed by atoms with Crippen molar-refractivity contribution in [1.82, 2.24) is 15.0 Å². The van der Waals surface area contributed by atoms with Gasteiger partial charge in [-0.25, -0.2) is 15.0 Å². The lowest BCUT2D eigenvalue weighted by Crippen LogP contribution is -2.33. The third kappa shape index (κ3) is 4.41. The van der Waals surface area contributed by atoms with Crippen molar-refractivity contribution in [3.8, 4) is 0 Å². The second kappa shape index (κ2) is 7.38. The molecule has 148 valence electrons. The Morgan fingerprint density at radius 2 is 2.07 bits per heavy atom. The number of carbonyl (C=O) groups excluding carboxylic acids is 1. The summed E-state index contributed by atoms with van der Waals surface area (Å²) < 4.78 is 37.6. The Bertz CT molecular complexity index is 918. The number of aromatic nitrogens is 3. The van der Waals surface area contributed by atoms with Gasteiger partial charge in [0.15, 0.2) is 10.9 Å². The molecule has 3 rings (SSSR count). The van der Waals surface area contributed by atoms with Crippen LogP contribution in [0.25, 0.3) is 0 Å². The maximum atomic E-state index is 12.5. The molecule has 2 aromatic rings. The van der Waals surface area contributed by atoms with E-state index in [-0.39, 0.29) is 10.9 Å². The SMILES string of the molecule is C[C@@H]1C[C@@](C)(c2cc(NC(=O)c3cnc(C(F)(F)F)cn3)ccn2)N=C(N)S1. The zero-order valence-corrected chi connectivity index (χ0v) is 15.8. The average Bonchev–Trinajstić information content (AvgIpc) is 2.60. The van der Waals surface area contributed by atoms with Crippen LogP contribution in [0.4, 0.5) is 18.9 Å². The van der Waals surface area contributed by atoms with Crippen LogP contribution in [0.5, 0.6) is 0 Å². The van der Waals surface area contributed by atoms with E-state index < -0.39 is 23.3 Å². The van der Waals surface area contributed by atoms with Crippen LogP contribution in [0.15, 0.2) is 35.7 Å². The fraction of sp³-hybridized carbons (Fsp3) is 0.353. The number of nitrogens with two attached hydrogens (primary N) is 1. The van der Waals surface area contributed by atoms with E-state index in [9.17, 15) is 18.0 Å². The Balaban J connectivity index is 1.79. The first-order valence-electron chi connectivity index (χ1n) is 8.26. The van der Waals surface area contributed by atoms with Crippen molar-refractivity contribution in [2.75, 3.05) is 5.32 Å². The topological polar surface area (TPSA) is 106 Å². The Labute approximate surface area is 163 Å². The van der Waals surface area contributed by atoms with Crippen LogP contribution in [0.2, 0.25) is 0 Å². The lowest BCUT2D eigenvalue weighted by Gasteiger charge is -2.32. The smallest absolute Gasteiger partial charge is 0.379 e. The van der Waals surface area contributed by atoms with Crippen molar-refractivity contribution in [2.45, 2.75) is 37.2 Å². The van der Waals surface area contributed by atoms with Gasteiger partial charge in [0.1, 0.15) is 11.2 Å². The molecule has 28 heavy (non-hydrogen) atoms. The van der Waals surface area contributed by atoms with E-state index in [4.69, 9.17) is 5.73 Å². The zero-order chi connectivity index (χ0) is 20.5. The molecule has 0 fully saturated rings. The van der Waals surface area contributed by atoms with Gasteiger partial charge in [0, 0.05) is 17.1 Å². The molecule has 0 saturated carbocycles. The molecule has 1 amide bonds. The van der Waals surface area contributed by atoms with Gasteiger partial charge in [-0.3, -0.25) is 9.78 Å². The van der Waals surface area contributed by atoms with Gasteiger partial charge in [0.05, 0.1) is 18.1 Å². The molecule has 7 nitrogen and oxygen atoms in total. The third-order valence-corrected chi connectivity index (χ3v) is 5.01. The minimum Gasteiger partial charge on any atom is -0.379 e. The number of amides is 1. The number of nitrogens with zero attached hydrogens (tertiary/aromatic N) is 4. The van der Waals surface area contributed by atoms with E-state index in [2.05, 4.69) is 25.3 Å². The molecule has 0 radical (unpaired) electrons. The minimum absolute atomic E-state index is 0.234. The number of thioether (sulfide) groups is 1. The monoisotopic (exact) mass is 410 g/mol. The first-order chi connectivity index (χ1) is 13.1. The molecule has 2 atom stereocenters. The third-order valence-electron chi connectivity index (χ3n) is 4.11. The molecule has 0 unspecified atom stereocenters. The number of aliphatic imine (C=N–C) groups is 1. The highest BCUT2D eigenvalue weighted by atomic mass is 32.2. The van der Waals surface area contributed by atoms with Crippen molar-refractivity contribution in [2.24, 2.45) is 10.7 Å². The molecular formula is C17H17F3N6OS. The largest absolute Gasteiger partial charge is 0.434 e. The standard InChI is InChI=1S/C17H17F3N6OS/c1-9-6-16(2,26-15(21)28-9)12-5-10(3-4-22-12)25-14(27)11-7-24-13(8-23-11)17(18,19)20/h3-5,7-9H,6H2,1-2H3,(H2,21,26)(H,22,25,27)/t9-,16+/m1/s1. The second-order valence-electron chi connectivity index (χ2n) is 6.53. The minimum atomic E-state index is -4.62. The number of pyridine rings is 1. The quantitative estimate of drug-likeness (QED) is 0.805. The first kappa shape index (κ1) is 20.1. The molecule has 0 bridgehead atoms. The predicted molar refractivity (Wildman–Crippen MR) is 99.9 cm³/mol. The summed E-state index contributed by atoms with van der Waals surface area (Å²) >= 11 is 1.49. The normalized spacial score (nSPS) is 22.5. The summed E-state index contributed by atoms with van der Waals surface area (Å²) in [5, 5.41) is 3.31. The maximum Gasteiger partial charge on any atom is 0.434 e. The number of nitrogens with one attached hydrogen (secondary N) is 1. The molecule has 1 aliphatic heterocycles. The fourth-order valence-corrected chi connectivity index (χ4v) is 3.95. The summed E-state index contributed by atoms with van der Waals surface area (Å²) in [4.78, 5) is 27.9. The molecule has 0 aromatic carbocycles. The molecule has 2 aromatic heterocycles.